The molecule has 1 heterocycles. The zero-order chi connectivity index (χ0) is 14.5. The smallest absolute Gasteiger partial charge is 0.318 e. The number of carbonyl (C=O) groups is 2. The Bertz CT molecular complexity index is 477. The van der Waals surface area contributed by atoms with E-state index in [0.29, 0.717) is 26.1 Å². The van der Waals surface area contributed by atoms with E-state index in [2.05, 4.69) is 5.32 Å². The molecule has 1 aromatic rings. The highest BCUT2D eigenvalue weighted by Gasteiger charge is 2.22. The molecular weight excluding hydrogens is 256 g/mol. The van der Waals surface area contributed by atoms with Crippen molar-refractivity contribution in [2.75, 3.05) is 6.54 Å². The number of carbonyl (C=O) groups excluding carboxylic acids is 1. The first-order valence-corrected chi connectivity index (χ1v) is 6.87. The van der Waals surface area contributed by atoms with Crippen LogP contribution in [0.5, 0.6) is 0 Å². The van der Waals surface area contributed by atoms with Crippen LogP contribution >= 0.6 is 0 Å². The van der Waals surface area contributed by atoms with Gasteiger partial charge in [-0.25, -0.2) is 4.79 Å². The monoisotopic (exact) mass is 276 g/mol. The number of aliphatic carboxylic acids is 1. The number of rotatable bonds is 5. The molecule has 0 aliphatic carbocycles. The zero-order valence-electron chi connectivity index (χ0n) is 11.6. The van der Waals surface area contributed by atoms with Gasteiger partial charge in [0.05, 0.1) is 0 Å². The van der Waals surface area contributed by atoms with Crippen molar-refractivity contribution >= 4 is 12.0 Å². The van der Waals surface area contributed by atoms with Crippen molar-refractivity contribution in [2.45, 2.75) is 32.9 Å². The van der Waals surface area contributed by atoms with Gasteiger partial charge in [0, 0.05) is 26.1 Å². The number of urea groups is 1. The summed E-state index contributed by atoms with van der Waals surface area (Å²) in [5.41, 5.74) is 2.39. The van der Waals surface area contributed by atoms with Crippen LogP contribution in [0.2, 0.25) is 0 Å². The van der Waals surface area contributed by atoms with Crippen molar-refractivity contribution in [1.29, 1.82) is 0 Å². The number of nitrogens with zero attached hydrogens (tertiary/aromatic N) is 1. The van der Waals surface area contributed by atoms with Gasteiger partial charge in [0.15, 0.2) is 0 Å². The maximum atomic E-state index is 12.1. The minimum Gasteiger partial charge on any atom is -0.481 e. The summed E-state index contributed by atoms with van der Waals surface area (Å²) >= 11 is 0. The molecule has 1 atom stereocenters. The number of carboxylic acid groups (broad SMARTS) is 1. The molecule has 1 aliphatic heterocycles. The molecule has 0 spiro atoms. The van der Waals surface area contributed by atoms with Crippen LogP contribution < -0.4 is 5.32 Å². The lowest BCUT2D eigenvalue weighted by atomic mass is 10.1. The van der Waals surface area contributed by atoms with Gasteiger partial charge < -0.3 is 15.3 Å². The predicted molar refractivity (Wildman–Crippen MR) is 75.1 cm³/mol. The summed E-state index contributed by atoms with van der Waals surface area (Å²) in [5.74, 6) is -0.627. The lowest BCUT2D eigenvalue weighted by Crippen LogP contribution is -2.38. The molecule has 20 heavy (non-hydrogen) atoms. The number of benzene rings is 1. The summed E-state index contributed by atoms with van der Waals surface area (Å²) in [6, 6.07) is 7.96. The van der Waals surface area contributed by atoms with E-state index in [1.807, 2.05) is 31.2 Å². The molecule has 0 fully saturated rings. The van der Waals surface area contributed by atoms with Crippen molar-refractivity contribution in [1.82, 2.24) is 10.2 Å². The lowest BCUT2D eigenvalue weighted by molar-refractivity contribution is -0.137. The molecule has 108 valence electrons. The second kappa shape index (κ2) is 6.41. The standard InChI is InChI=1S/C15H20N2O3/c1-11(6-7-14(18)19)8-16-15(20)17-9-12-4-2-3-5-13(12)10-17/h2-5,11H,6-10H2,1H3,(H,16,20)(H,18,19). The average molecular weight is 276 g/mol. The topological polar surface area (TPSA) is 69.6 Å². The molecule has 2 amide bonds. The zero-order valence-corrected chi connectivity index (χ0v) is 11.6. The van der Waals surface area contributed by atoms with Crippen molar-refractivity contribution < 1.29 is 14.7 Å². The lowest BCUT2D eigenvalue weighted by Gasteiger charge is -2.18. The average Bonchev–Trinajstić information content (AvgIpc) is 2.86. The van der Waals surface area contributed by atoms with Gasteiger partial charge in [-0.3, -0.25) is 4.79 Å². The second-order valence-electron chi connectivity index (χ2n) is 5.35. The van der Waals surface area contributed by atoms with Crippen molar-refractivity contribution in [2.24, 2.45) is 5.92 Å². The first-order chi connectivity index (χ1) is 9.56. The van der Waals surface area contributed by atoms with Gasteiger partial charge in [0.2, 0.25) is 0 Å². The van der Waals surface area contributed by atoms with E-state index in [1.165, 1.54) is 11.1 Å². The Labute approximate surface area is 118 Å². The summed E-state index contributed by atoms with van der Waals surface area (Å²) in [4.78, 5) is 24.3. The molecule has 0 aromatic heterocycles. The summed E-state index contributed by atoms with van der Waals surface area (Å²) in [7, 11) is 0. The van der Waals surface area contributed by atoms with Gasteiger partial charge >= 0.3 is 12.0 Å². The van der Waals surface area contributed by atoms with Gasteiger partial charge in [-0.2, -0.15) is 0 Å². The Hall–Kier alpha value is -2.04. The maximum absolute atomic E-state index is 12.1. The third kappa shape index (κ3) is 3.73. The number of hydrogen-bond donors (Lipinski definition) is 2. The number of fused-ring (bicyclic) bond motifs is 1. The Morgan fingerprint density at radius 1 is 1.30 bits per heavy atom. The highest BCUT2D eigenvalue weighted by molar-refractivity contribution is 5.75. The van der Waals surface area contributed by atoms with Crippen molar-refractivity contribution in [3.8, 4) is 0 Å². The van der Waals surface area contributed by atoms with Crippen LogP contribution in [0.1, 0.15) is 30.9 Å². The quantitative estimate of drug-likeness (QED) is 0.866. The summed E-state index contributed by atoms with van der Waals surface area (Å²) < 4.78 is 0. The normalized spacial score (nSPS) is 14.8. The van der Waals surface area contributed by atoms with Gasteiger partial charge in [-0.15, -0.1) is 0 Å². The Balaban J connectivity index is 1.75. The number of amides is 2. The first-order valence-electron chi connectivity index (χ1n) is 6.87. The molecule has 0 saturated heterocycles. The van der Waals surface area contributed by atoms with Crippen LogP contribution in [0.4, 0.5) is 4.79 Å². The predicted octanol–water partition coefficient (Wildman–Crippen LogP) is 2.21. The van der Waals surface area contributed by atoms with Crippen LogP contribution in [-0.2, 0) is 17.9 Å². The van der Waals surface area contributed by atoms with Crippen LogP contribution in [0, 0.1) is 5.92 Å². The molecule has 0 saturated carbocycles. The molecule has 2 rings (SSSR count). The molecule has 1 unspecified atom stereocenters. The highest BCUT2D eigenvalue weighted by atomic mass is 16.4. The van der Waals surface area contributed by atoms with Crippen LogP contribution in [-0.4, -0.2) is 28.6 Å². The molecule has 0 radical (unpaired) electrons. The fourth-order valence-corrected chi connectivity index (χ4v) is 2.32. The summed E-state index contributed by atoms with van der Waals surface area (Å²) in [5, 5.41) is 11.5. The highest BCUT2D eigenvalue weighted by Crippen LogP contribution is 2.21. The number of nitrogens with one attached hydrogen (secondary N) is 1. The van der Waals surface area contributed by atoms with Gasteiger partial charge in [-0.05, 0) is 23.5 Å². The Morgan fingerprint density at radius 2 is 1.90 bits per heavy atom. The fourth-order valence-electron chi connectivity index (χ4n) is 2.32. The Morgan fingerprint density at radius 3 is 2.45 bits per heavy atom. The SMILES string of the molecule is CC(CCC(=O)O)CNC(=O)N1Cc2ccccc2C1. The minimum atomic E-state index is -0.793. The second-order valence-corrected chi connectivity index (χ2v) is 5.35. The molecule has 5 nitrogen and oxygen atoms in total. The van der Waals surface area contributed by atoms with E-state index in [1.54, 1.807) is 4.90 Å². The Kier molecular flexibility index (Phi) is 4.61. The molecule has 1 aromatic carbocycles. The molecular formula is C15H20N2O3. The third-order valence-electron chi connectivity index (χ3n) is 3.58. The van der Waals surface area contributed by atoms with Crippen LogP contribution in [0.15, 0.2) is 24.3 Å². The van der Waals surface area contributed by atoms with Gasteiger partial charge in [0.1, 0.15) is 0 Å². The van der Waals surface area contributed by atoms with E-state index in [4.69, 9.17) is 5.11 Å². The maximum Gasteiger partial charge on any atom is 0.318 e. The minimum absolute atomic E-state index is 0.0802. The summed E-state index contributed by atoms with van der Waals surface area (Å²) in [6.07, 6.45) is 0.724. The molecule has 0 bridgehead atoms. The van der Waals surface area contributed by atoms with Crippen LogP contribution in [0.3, 0.4) is 0 Å². The van der Waals surface area contributed by atoms with Gasteiger partial charge in [-0.1, -0.05) is 31.2 Å². The third-order valence-corrected chi connectivity index (χ3v) is 3.58. The number of carboxylic acids is 1. The van der Waals surface area contributed by atoms with E-state index < -0.39 is 5.97 Å². The van der Waals surface area contributed by atoms with Gasteiger partial charge in [0.25, 0.3) is 0 Å². The number of hydrogen-bond acceptors (Lipinski definition) is 2. The van der Waals surface area contributed by atoms with E-state index >= 15 is 0 Å². The molecule has 1 aliphatic rings. The summed E-state index contributed by atoms with van der Waals surface area (Å²) in [6.45, 7) is 3.75. The van der Waals surface area contributed by atoms with Crippen molar-refractivity contribution in [3.63, 3.8) is 0 Å². The molecule has 2 N–H and O–H groups in total. The van der Waals surface area contributed by atoms with Crippen molar-refractivity contribution in [3.05, 3.63) is 35.4 Å². The van der Waals surface area contributed by atoms with E-state index in [0.717, 1.165) is 0 Å². The van der Waals surface area contributed by atoms with Crippen LogP contribution in [0.25, 0.3) is 0 Å². The largest absolute Gasteiger partial charge is 0.481 e. The first kappa shape index (κ1) is 14.4. The molecule has 5 heteroatoms. The fraction of sp³-hybridized carbons (Fsp3) is 0.467. The van der Waals surface area contributed by atoms with E-state index in [9.17, 15) is 9.59 Å². The van der Waals surface area contributed by atoms with E-state index in [-0.39, 0.29) is 18.4 Å².